The number of hydrogen-bond acceptors (Lipinski definition) is 4. The van der Waals surface area contributed by atoms with Crippen molar-refractivity contribution < 1.29 is 9.59 Å². The van der Waals surface area contributed by atoms with Gasteiger partial charge in [-0.2, -0.15) is 0 Å². The minimum absolute atomic E-state index is 0.0340. The molecule has 5 atom stereocenters. The van der Waals surface area contributed by atoms with E-state index in [0.29, 0.717) is 25.6 Å². The van der Waals surface area contributed by atoms with Gasteiger partial charge in [0.1, 0.15) is 0 Å². The van der Waals surface area contributed by atoms with Gasteiger partial charge < -0.3 is 14.7 Å². The van der Waals surface area contributed by atoms with Gasteiger partial charge in [0.15, 0.2) is 0 Å². The van der Waals surface area contributed by atoms with Crippen molar-refractivity contribution in [2.75, 3.05) is 7.05 Å². The van der Waals surface area contributed by atoms with E-state index in [9.17, 15) is 9.59 Å². The molecule has 3 fully saturated rings. The number of rotatable bonds is 7. The Morgan fingerprint density at radius 2 is 1.71 bits per heavy atom. The lowest BCUT2D eigenvalue weighted by atomic mass is 9.77. The molecule has 2 saturated carbocycles. The number of carbonyl (C=O) groups is 2. The van der Waals surface area contributed by atoms with Gasteiger partial charge in [0.25, 0.3) is 0 Å². The average molecular weight is 571 g/mol. The van der Waals surface area contributed by atoms with E-state index >= 15 is 0 Å². The lowest BCUT2D eigenvalue weighted by molar-refractivity contribution is -0.139. The molecule has 6 rings (SSSR count). The first-order valence-corrected chi connectivity index (χ1v) is 16.2. The van der Waals surface area contributed by atoms with Gasteiger partial charge in [-0.15, -0.1) is 11.3 Å². The van der Waals surface area contributed by atoms with Crippen LogP contribution in [0.3, 0.4) is 0 Å². The normalized spacial score (nSPS) is 27.0. The van der Waals surface area contributed by atoms with Crippen LogP contribution in [0, 0.1) is 11.8 Å². The van der Waals surface area contributed by atoms with Crippen molar-refractivity contribution >= 4 is 23.3 Å². The molecule has 1 aliphatic heterocycles. The topological polar surface area (TPSA) is 56.8 Å². The third-order valence-electron chi connectivity index (χ3n) is 9.99. The van der Waals surface area contributed by atoms with E-state index in [0.717, 1.165) is 24.8 Å². The van der Waals surface area contributed by atoms with Crippen LogP contribution in [0.2, 0.25) is 0 Å². The van der Waals surface area contributed by atoms with Gasteiger partial charge in [0, 0.05) is 42.8 Å². The van der Waals surface area contributed by atoms with E-state index in [1.807, 2.05) is 25.4 Å². The maximum Gasteiger partial charge on any atom is 0.321 e. The summed E-state index contributed by atoms with van der Waals surface area (Å²) in [5, 5.41) is 2.08. The summed E-state index contributed by atoms with van der Waals surface area (Å²) in [5.74, 6) is 0.474. The van der Waals surface area contributed by atoms with Gasteiger partial charge in [0.05, 0.1) is 18.6 Å². The van der Waals surface area contributed by atoms with Crippen molar-refractivity contribution in [3.63, 3.8) is 0 Å². The fraction of sp³-hybridized carbons (Fsp3) is 0.500. The molecule has 216 valence electrons. The van der Waals surface area contributed by atoms with Crippen LogP contribution in [-0.4, -0.2) is 56.8 Å². The summed E-state index contributed by atoms with van der Waals surface area (Å²) in [7, 11) is 2.03. The molecule has 7 heteroatoms. The molecule has 0 unspecified atom stereocenters. The first kappa shape index (κ1) is 28.0. The highest BCUT2D eigenvalue weighted by atomic mass is 32.1. The van der Waals surface area contributed by atoms with E-state index in [4.69, 9.17) is 0 Å². The zero-order chi connectivity index (χ0) is 28.3. The van der Waals surface area contributed by atoms with Gasteiger partial charge in [0.2, 0.25) is 5.91 Å². The number of thiophene rings is 1. The number of aromatic nitrogens is 1. The number of hydrogen-bond donors (Lipinski definition) is 0. The maximum atomic E-state index is 14.4. The van der Waals surface area contributed by atoms with Crippen LogP contribution in [0.25, 0.3) is 0 Å². The Bertz CT molecular complexity index is 1290. The van der Waals surface area contributed by atoms with Gasteiger partial charge >= 0.3 is 6.03 Å². The number of benzene rings is 1. The zero-order valence-corrected chi connectivity index (χ0v) is 25.1. The predicted molar refractivity (Wildman–Crippen MR) is 163 cm³/mol. The lowest BCUT2D eigenvalue weighted by Gasteiger charge is -2.37. The van der Waals surface area contributed by atoms with Crippen molar-refractivity contribution in [3.05, 3.63) is 88.4 Å². The van der Waals surface area contributed by atoms with Crippen LogP contribution in [0.15, 0.2) is 72.4 Å². The van der Waals surface area contributed by atoms with E-state index < -0.39 is 0 Å². The SMILES string of the molecule is C[C@H]1[C@@H](C(=O)N(C)C2CCCCC2)C[C@@H]2[C@H](C[C@H]1c1ccccc1)N(Cc1cccs1)C(=O)N2Cc1cccnc1. The van der Waals surface area contributed by atoms with Crippen LogP contribution >= 0.6 is 11.3 Å². The number of urea groups is 1. The number of nitrogens with zero attached hydrogens (tertiary/aromatic N) is 4. The molecule has 0 spiro atoms. The molecule has 0 radical (unpaired) electrons. The first-order valence-electron chi connectivity index (χ1n) is 15.3. The summed E-state index contributed by atoms with van der Waals surface area (Å²) in [5.41, 5.74) is 2.30. The monoisotopic (exact) mass is 570 g/mol. The maximum absolute atomic E-state index is 14.4. The second-order valence-electron chi connectivity index (χ2n) is 12.3. The number of amides is 3. The van der Waals surface area contributed by atoms with Gasteiger partial charge in [-0.1, -0.05) is 68.7 Å². The zero-order valence-electron chi connectivity index (χ0n) is 24.3. The fourth-order valence-electron chi connectivity index (χ4n) is 7.67. The third kappa shape index (κ3) is 5.78. The minimum Gasteiger partial charge on any atom is -0.343 e. The van der Waals surface area contributed by atoms with Crippen molar-refractivity contribution in [3.8, 4) is 0 Å². The van der Waals surface area contributed by atoms with E-state index in [2.05, 4.69) is 74.5 Å². The molecule has 2 aliphatic carbocycles. The number of fused-ring (bicyclic) bond motifs is 1. The molecule has 3 heterocycles. The Labute approximate surface area is 248 Å². The summed E-state index contributed by atoms with van der Waals surface area (Å²) in [6, 6.07) is 19.2. The number of pyridine rings is 1. The average Bonchev–Trinajstić information content (AvgIpc) is 3.57. The smallest absolute Gasteiger partial charge is 0.321 e. The molecule has 41 heavy (non-hydrogen) atoms. The molecule has 3 amide bonds. The van der Waals surface area contributed by atoms with Crippen LogP contribution in [-0.2, 0) is 17.9 Å². The van der Waals surface area contributed by atoms with Gasteiger partial charge in [-0.3, -0.25) is 9.78 Å². The summed E-state index contributed by atoms with van der Waals surface area (Å²) in [6.07, 6.45) is 11.0. The highest BCUT2D eigenvalue weighted by Crippen LogP contribution is 2.46. The fourth-order valence-corrected chi connectivity index (χ4v) is 8.37. The molecule has 3 aromatic rings. The Balaban J connectivity index is 1.38. The van der Waals surface area contributed by atoms with Crippen molar-refractivity contribution in [2.24, 2.45) is 11.8 Å². The number of carbonyl (C=O) groups excluding carboxylic acids is 2. The summed E-state index contributed by atoms with van der Waals surface area (Å²) in [4.78, 5) is 40.4. The Kier molecular flexibility index (Phi) is 8.42. The Morgan fingerprint density at radius 3 is 2.41 bits per heavy atom. The Morgan fingerprint density at radius 1 is 0.951 bits per heavy atom. The minimum atomic E-state index is -0.145. The van der Waals surface area contributed by atoms with Crippen molar-refractivity contribution in [1.29, 1.82) is 0 Å². The van der Waals surface area contributed by atoms with Crippen molar-refractivity contribution in [1.82, 2.24) is 19.7 Å². The second kappa shape index (κ2) is 12.4. The van der Waals surface area contributed by atoms with Crippen LogP contribution < -0.4 is 0 Å². The van der Waals surface area contributed by atoms with Gasteiger partial charge in [-0.05, 0) is 66.2 Å². The third-order valence-corrected chi connectivity index (χ3v) is 10.9. The lowest BCUT2D eigenvalue weighted by Crippen LogP contribution is -2.45. The van der Waals surface area contributed by atoms with E-state index in [1.165, 1.54) is 29.7 Å². The van der Waals surface area contributed by atoms with Crippen LogP contribution in [0.4, 0.5) is 4.79 Å². The van der Waals surface area contributed by atoms with Crippen LogP contribution in [0.5, 0.6) is 0 Å². The highest BCUT2D eigenvalue weighted by molar-refractivity contribution is 7.09. The molecule has 1 aromatic carbocycles. The highest BCUT2D eigenvalue weighted by Gasteiger charge is 2.52. The van der Waals surface area contributed by atoms with E-state index in [-0.39, 0.29) is 41.8 Å². The molecular formula is C34H42N4O2S. The molecule has 0 N–H and O–H groups in total. The standard InChI is InChI=1S/C34H42N4O2S/c1-24-29(26-12-5-3-6-13-26)19-31-32(20-30(24)33(39)36(2)27-14-7-4-8-15-27)37(22-25-11-9-17-35-21-25)34(40)38(31)23-28-16-10-18-41-28/h3,5-6,9-13,16-18,21,24,27,29-32H,4,7-8,14-15,19-20,22-23H2,1-2H3/t24-,29-,30+,31+,32-/m1/s1. The first-order chi connectivity index (χ1) is 20.0. The summed E-state index contributed by atoms with van der Waals surface area (Å²) < 4.78 is 0. The van der Waals surface area contributed by atoms with Crippen LogP contribution in [0.1, 0.15) is 73.8 Å². The molecule has 2 aromatic heterocycles. The second-order valence-corrected chi connectivity index (χ2v) is 13.3. The molecule has 6 nitrogen and oxygen atoms in total. The van der Waals surface area contributed by atoms with E-state index in [1.54, 1.807) is 17.5 Å². The Hall–Kier alpha value is -3.19. The van der Waals surface area contributed by atoms with Crippen molar-refractivity contribution in [2.45, 2.75) is 89.0 Å². The molecule has 1 saturated heterocycles. The molecule has 0 bridgehead atoms. The quantitative estimate of drug-likeness (QED) is 0.309. The summed E-state index contributed by atoms with van der Waals surface area (Å²) >= 11 is 1.70. The molecular weight excluding hydrogens is 528 g/mol. The predicted octanol–water partition coefficient (Wildman–Crippen LogP) is 6.94. The largest absolute Gasteiger partial charge is 0.343 e. The molecule has 3 aliphatic rings. The summed E-state index contributed by atoms with van der Waals surface area (Å²) in [6.45, 7) is 3.41. The van der Waals surface area contributed by atoms with Gasteiger partial charge in [-0.25, -0.2) is 4.79 Å².